The molecule has 0 amide bonds. The van der Waals surface area contributed by atoms with Gasteiger partial charge in [-0.2, -0.15) is 0 Å². The zero-order valence-electron chi connectivity index (χ0n) is 17.9. The van der Waals surface area contributed by atoms with E-state index >= 15 is 0 Å². The van der Waals surface area contributed by atoms with E-state index in [1.54, 1.807) is 6.07 Å². The lowest BCUT2D eigenvalue weighted by Gasteiger charge is -2.12. The van der Waals surface area contributed by atoms with Crippen LogP contribution in [-0.2, 0) is 13.2 Å². The van der Waals surface area contributed by atoms with Crippen LogP contribution in [0.15, 0.2) is 84.9 Å². The maximum Gasteiger partial charge on any atom is 0.339 e. The van der Waals surface area contributed by atoms with Crippen molar-refractivity contribution >= 4 is 29.2 Å². The van der Waals surface area contributed by atoms with E-state index in [9.17, 15) is 9.90 Å². The van der Waals surface area contributed by atoms with Gasteiger partial charge >= 0.3 is 5.97 Å². The predicted molar refractivity (Wildman–Crippen MR) is 132 cm³/mol. The van der Waals surface area contributed by atoms with E-state index in [2.05, 4.69) is 0 Å². The molecule has 172 valence electrons. The van der Waals surface area contributed by atoms with E-state index in [-0.39, 0.29) is 17.9 Å². The Morgan fingerprint density at radius 2 is 1.41 bits per heavy atom. The van der Waals surface area contributed by atoms with Gasteiger partial charge in [-0.1, -0.05) is 53.5 Å². The molecular weight excluding hydrogens is 475 g/mol. The maximum atomic E-state index is 11.2. The molecule has 0 saturated heterocycles. The Hall–Kier alpha value is -3.67. The van der Waals surface area contributed by atoms with Crippen molar-refractivity contribution in [1.82, 2.24) is 0 Å². The molecular formula is C27H20Cl2O5. The zero-order valence-corrected chi connectivity index (χ0v) is 19.4. The fourth-order valence-electron chi connectivity index (χ4n) is 3.39. The molecule has 0 atom stereocenters. The van der Waals surface area contributed by atoms with E-state index in [4.69, 9.17) is 37.8 Å². The highest BCUT2D eigenvalue weighted by Crippen LogP contribution is 2.30. The van der Waals surface area contributed by atoms with E-state index in [1.807, 2.05) is 60.7 Å². The summed E-state index contributed by atoms with van der Waals surface area (Å²) in [5.41, 5.74) is 3.43. The summed E-state index contributed by atoms with van der Waals surface area (Å²) < 4.78 is 11.7. The first kappa shape index (κ1) is 23.5. The van der Waals surface area contributed by atoms with Crippen molar-refractivity contribution in [1.29, 1.82) is 0 Å². The lowest BCUT2D eigenvalue weighted by atomic mass is 10.0. The van der Waals surface area contributed by atoms with Gasteiger partial charge in [-0.05, 0) is 76.9 Å². The summed E-state index contributed by atoms with van der Waals surface area (Å²) in [6.45, 7) is 0.579. The molecule has 0 aromatic heterocycles. The SMILES string of the molecule is O=C(O)c1cc(OCc2cccc(-c3cc(Cl)cc(OCc4cccc(Cl)c4)c3)c2)ccc1O. The third-order valence-corrected chi connectivity index (χ3v) is 5.48. The molecule has 0 unspecified atom stereocenters. The molecule has 2 N–H and O–H groups in total. The molecule has 0 aliphatic heterocycles. The molecule has 4 aromatic rings. The third-order valence-electron chi connectivity index (χ3n) is 5.03. The number of hydrogen-bond donors (Lipinski definition) is 2. The molecule has 0 radical (unpaired) electrons. The summed E-state index contributed by atoms with van der Waals surface area (Å²) in [7, 11) is 0. The first-order chi connectivity index (χ1) is 16.4. The van der Waals surface area contributed by atoms with E-state index < -0.39 is 5.97 Å². The Morgan fingerprint density at radius 3 is 2.15 bits per heavy atom. The van der Waals surface area contributed by atoms with Crippen LogP contribution >= 0.6 is 23.2 Å². The molecule has 0 fully saturated rings. The first-order valence-electron chi connectivity index (χ1n) is 10.3. The third kappa shape index (κ3) is 6.01. The van der Waals surface area contributed by atoms with Gasteiger partial charge < -0.3 is 19.7 Å². The smallest absolute Gasteiger partial charge is 0.339 e. The van der Waals surface area contributed by atoms with Gasteiger partial charge in [0.2, 0.25) is 0 Å². The summed E-state index contributed by atoms with van der Waals surface area (Å²) in [4.78, 5) is 11.2. The van der Waals surface area contributed by atoms with E-state index in [0.29, 0.717) is 28.2 Å². The van der Waals surface area contributed by atoms with Crippen molar-refractivity contribution < 1.29 is 24.5 Å². The van der Waals surface area contributed by atoms with Crippen molar-refractivity contribution in [2.75, 3.05) is 0 Å². The van der Waals surface area contributed by atoms with Crippen molar-refractivity contribution in [3.05, 3.63) is 112 Å². The molecule has 34 heavy (non-hydrogen) atoms. The van der Waals surface area contributed by atoms with E-state index in [0.717, 1.165) is 22.3 Å². The number of carboxylic acid groups (broad SMARTS) is 1. The summed E-state index contributed by atoms with van der Waals surface area (Å²) in [5, 5.41) is 20.0. The van der Waals surface area contributed by atoms with Crippen LogP contribution in [0.1, 0.15) is 21.5 Å². The highest BCUT2D eigenvalue weighted by Gasteiger charge is 2.11. The highest BCUT2D eigenvalue weighted by molar-refractivity contribution is 6.31. The van der Waals surface area contributed by atoms with Gasteiger partial charge in [0, 0.05) is 10.0 Å². The van der Waals surface area contributed by atoms with Crippen molar-refractivity contribution in [2.45, 2.75) is 13.2 Å². The quantitative estimate of drug-likeness (QED) is 0.270. The number of hydrogen-bond acceptors (Lipinski definition) is 4. The second kappa shape index (κ2) is 10.5. The van der Waals surface area contributed by atoms with Crippen LogP contribution in [0.25, 0.3) is 11.1 Å². The normalized spacial score (nSPS) is 10.6. The molecule has 0 heterocycles. The number of halogens is 2. The van der Waals surface area contributed by atoms with Crippen molar-refractivity contribution in [2.24, 2.45) is 0 Å². The second-order valence-corrected chi connectivity index (χ2v) is 8.44. The second-order valence-electron chi connectivity index (χ2n) is 7.57. The number of aromatic carboxylic acids is 1. The largest absolute Gasteiger partial charge is 0.507 e. The van der Waals surface area contributed by atoms with Gasteiger partial charge in [0.25, 0.3) is 0 Å². The molecule has 0 aliphatic carbocycles. The first-order valence-corrected chi connectivity index (χ1v) is 11.1. The van der Waals surface area contributed by atoms with Crippen LogP contribution in [-0.4, -0.2) is 16.2 Å². The van der Waals surface area contributed by atoms with Gasteiger partial charge in [0.15, 0.2) is 0 Å². The maximum absolute atomic E-state index is 11.2. The molecule has 0 spiro atoms. The van der Waals surface area contributed by atoms with Crippen LogP contribution in [0.3, 0.4) is 0 Å². The van der Waals surface area contributed by atoms with Crippen molar-refractivity contribution in [3.63, 3.8) is 0 Å². The molecule has 5 nitrogen and oxygen atoms in total. The fourth-order valence-corrected chi connectivity index (χ4v) is 3.83. The number of phenols is 1. The monoisotopic (exact) mass is 494 g/mol. The minimum absolute atomic E-state index is 0.213. The fraction of sp³-hybridized carbons (Fsp3) is 0.0741. The van der Waals surface area contributed by atoms with Crippen molar-refractivity contribution in [3.8, 4) is 28.4 Å². The molecule has 0 bridgehead atoms. The Balaban J connectivity index is 1.49. The summed E-state index contributed by atoms with van der Waals surface area (Å²) in [6.07, 6.45) is 0. The standard InChI is InChI=1S/C27H20Cl2O5/c28-21-6-2-4-18(10-21)16-34-24-12-20(11-22(29)13-24)19-5-1-3-17(9-19)15-33-23-7-8-26(30)25(14-23)27(31)32/h1-14,30H,15-16H2,(H,31,32). The Morgan fingerprint density at radius 1 is 0.706 bits per heavy atom. The number of benzene rings is 4. The lowest BCUT2D eigenvalue weighted by molar-refractivity contribution is 0.0693. The molecule has 0 saturated carbocycles. The van der Waals surface area contributed by atoms with Crippen LogP contribution in [0.4, 0.5) is 0 Å². The van der Waals surface area contributed by atoms with Crippen LogP contribution < -0.4 is 9.47 Å². The molecule has 0 aliphatic rings. The molecule has 4 aromatic carbocycles. The number of carbonyl (C=O) groups is 1. The molecule has 7 heteroatoms. The summed E-state index contributed by atoms with van der Waals surface area (Å²) in [6, 6.07) is 24.8. The number of aromatic hydroxyl groups is 1. The Kier molecular flexibility index (Phi) is 7.26. The minimum Gasteiger partial charge on any atom is -0.507 e. The number of carboxylic acids is 1. The van der Waals surface area contributed by atoms with Crippen LogP contribution in [0.2, 0.25) is 10.0 Å². The average Bonchev–Trinajstić information content (AvgIpc) is 2.82. The van der Waals surface area contributed by atoms with Gasteiger partial charge in [0.05, 0.1) is 0 Å². The summed E-state index contributed by atoms with van der Waals surface area (Å²) in [5.74, 6) is -0.551. The van der Waals surface area contributed by atoms with Gasteiger partial charge in [0.1, 0.15) is 36.0 Å². The van der Waals surface area contributed by atoms with E-state index in [1.165, 1.54) is 18.2 Å². The average molecular weight is 495 g/mol. The van der Waals surface area contributed by atoms with Crippen LogP contribution in [0.5, 0.6) is 17.2 Å². The highest BCUT2D eigenvalue weighted by atomic mass is 35.5. The van der Waals surface area contributed by atoms with Gasteiger partial charge in [-0.15, -0.1) is 0 Å². The number of ether oxygens (including phenoxy) is 2. The van der Waals surface area contributed by atoms with Gasteiger partial charge in [-0.3, -0.25) is 0 Å². The van der Waals surface area contributed by atoms with Crippen LogP contribution in [0, 0.1) is 0 Å². The Labute approximate surface area is 206 Å². The summed E-state index contributed by atoms with van der Waals surface area (Å²) >= 11 is 12.4. The molecule has 4 rings (SSSR count). The zero-order chi connectivity index (χ0) is 24.1. The number of rotatable bonds is 8. The minimum atomic E-state index is -1.22. The van der Waals surface area contributed by atoms with Gasteiger partial charge in [-0.25, -0.2) is 4.79 Å². The topological polar surface area (TPSA) is 76.0 Å². The predicted octanol–water partition coefficient (Wildman–Crippen LogP) is 7.22. The Bertz CT molecular complexity index is 1340. The lowest BCUT2D eigenvalue weighted by Crippen LogP contribution is -2.00.